The summed E-state index contributed by atoms with van der Waals surface area (Å²) in [7, 11) is 1.65. The lowest BCUT2D eigenvalue weighted by molar-refractivity contribution is 0.175. The first-order valence-corrected chi connectivity index (χ1v) is 5.67. The van der Waals surface area contributed by atoms with Crippen LogP contribution in [0.5, 0.6) is 0 Å². The predicted octanol–water partition coefficient (Wildman–Crippen LogP) is -0.506. The summed E-state index contributed by atoms with van der Waals surface area (Å²) >= 11 is 1.45. The van der Waals surface area contributed by atoms with Crippen LogP contribution in [0.15, 0.2) is 11.5 Å². The van der Waals surface area contributed by atoms with Gasteiger partial charge in [0.1, 0.15) is 6.33 Å². The van der Waals surface area contributed by atoms with E-state index in [-0.39, 0.29) is 0 Å². The molecule has 86 valence electrons. The summed E-state index contributed by atoms with van der Waals surface area (Å²) in [6.45, 7) is 1.97. The second kappa shape index (κ2) is 7.63. The Morgan fingerprint density at radius 1 is 1.73 bits per heavy atom. The number of aromatic nitrogens is 3. The van der Waals surface area contributed by atoms with Crippen molar-refractivity contribution in [2.45, 2.75) is 11.3 Å². The van der Waals surface area contributed by atoms with Crippen LogP contribution < -0.4 is 5.32 Å². The number of nitrogens with one attached hydrogen (secondary N) is 2. The molecular formula is C8H16N4O2S. The standard InChI is InChI=1S/C8H16N4O2S/c1-14-3-2-9-4-7(13)5-15-8-10-6-11-12-8/h6-7,9,13H,2-5H2,1H3,(H,10,11,12). The smallest absolute Gasteiger partial charge is 0.183 e. The van der Waals surface area contributed by atoms with Gasteiger partial charge in [0.05, 0.1) is 12.7 Å². The molecule has 6 nitrogen and oxygen atoms in total. The SMILES string of the molecule is COCCNCC(O)CSc1ncn[nH]1. The Kier molecular flexibility index (Phi) is 6.33. The minimum absolute atomic E-state index is 0.392. The fourth-order valence-corrected chi connectivity index (χ4v) is 1.65. The highest BCUT2D eigenvalue weighted by molar-refractivity contribution is 7.99. The summed E-state index contributed by atoms with van der Waals surface area (Å²) < 4.78 is 4.87. The molecule has 1 unspecified atom stereocenters. The largest absolute Gasteiger partial charge is 0.391 e. The van der Waals surface area contributed by atoms with Crippen LogP contribution in [0.1, 0.15) is 0 Å². The van der Waals surface area contributed by atoms with E-state index < -0.39 is 6.10 Å². The number of rotatable bonds is 8. The van der Waals surface area contributed by atoms with Crippen LogP contribution >= 0.6 is 11.8 Å². The maximum atomic E-state index is 9.56. The second-order valence-electron chi connectivity index (χ2n) is 2.95. The van der Waals surface area contributed by atoms with Crippen molar-refractivity contribution in [1.29, 1.82) is 0 Å². The molecule has 0 aliphatic carbocycles. The molecule has 1 aromatic rings. The zero-order chi connectivity index (χ0) is 10.9. The van der Waals surface area contributed by atoms with Crippen LogP contribution in [0.3, 0.4) is 0 Å². The van der Waals surface area contributed by atoms with Gasteiger partial charge >= 0.3 is 0 Å². The van der Waals surface area contributed by atoms with Gasteiger partial charge in [0.15, 0.2) is 5.16 Å². The average molecular weight is 232 g/mol. The molecule has 1 aromatic heterocycles. The summed E-state index contributed by atoms with van der Waals surface area (Å²) in [5.41, 5.74) is 0. The molecule has 0 saturated carbocycles. The number of hydrogen-bond acceptors (Lipinski definition) is 6. The molecule has 0 saturated heterocycles. The van der Waals surface area contributed by atoms with Crippen molar-refractivity contribution in [3.8, 4) is 0 Å². The Balaban J connectivity index is 2.01. The van der Waals surface area contributed by atoms with Gasteiger partial charge in [-0.3, -0.25) is 5.10 Å². The van der Waals surface area contributed by atoms with Gasteiger partial charge in [-0.05, 0) is 0 Å². The summed E-state index contributed by atoms with van der Waals surface area (Å²) in [6, 6.07) is 0. The lowest BCUT2D eigenvalue weighted by Crippen LogP contribution is -2.30. The van der Waals surface area contributed by atoms with Crippen molar-refractivity contribution in [3.63, 3.8) is 0 Å². The number of aliphatic hydroxyl groups is 1. The highest BCUT2D eigenvalue weighted by atomic mass is 32.2. The third-order valence-corrected chi connectivity index (χ3v) is 2.69. The van der Waals surface area contributed by atoms with E-state index in [4.69, 9.17) is 4.74 Å². The molecule has 0 aliphatic rings. The van der Waals surface area contributed by atoms with Crippen molar-refractivity contribution in [2.24, 2.45) is 0 Å². The molecule has 0 fully saturated rings. The van der Waals surface area contributed by atoms with Gasteiger partial charge < -0.3 is 15.2 Å². The van der Waals surface area contributed by atoms with E-state index in [1.54, 1.807) is 7.11 Å². The number of methoxy groups -OCH3 is 1. The van der Waals surface area contributed by atoms with Gasteiger partial charge in [-0.15, -0.1) is 0 Å². The number of aliphatic hydroxyl groups excluding tert-OH is 1. The third kappa shape index (κ3) is 5.73. The fourth-order valence-electron chi connectivity index (χ4n) is 0.941. The Bertz CT molecular complexity index is 245. The monoisotopic (exact) mass is 232 g/mol. The Morgan fingerprint density at radius 2 is 2.60 bits per heavy atom. The van der Waals surface area contributed by atoms with Gasteiger partial charge in [-0.2, -0.15) is 5.10 Å². The zero-order valence-corrected chi connectivity index (χ0v) is 9.46. The first kappa shape index (κ1) is 12.4. The van der Waals surface area contributed by atoms with E-state index in [1.165, 1.54) is 18.1 Å². The molecule has 0 aliphatic heterocycles. The predicted molar refractivity (Wildman–Crippen MR) is 57.9 cm³/mol. The molecule has 1 atom stereocenters. The molecule has 7 heteroatoms. The quantitative estimate of drug-likeness (QED) is 0.414. The van der Waals surface area contributed by atoms with Crippen molar-refractivity contribution >= 4 is 11.8 Å². The van der Waals surface area contributed by atoms with Crippen molar-refractivity contribution in [1.82, 2.24) is 20.5 Å². The Labute approximate surface area is 92.8 Å². The summed E-state index contributed by atoms with van der Waals surface area (Å²) in [6.07, 6.45) is 1.06. The van der Waals surface area contributed by atoms with Crippen LogP contribution in [0.25, 0.3) is 0 Å². The molecule has 0 amide bonds. The molecular weight excluding hydrogens is 216 g/mol. The molecule has 3 N–H and O–H groups in total. The van der Waals surface area contributed by atoms with Gasteiger partial charge in [0.25, 0.3) is 0 Å². The molecule has 0 spiro atoms. The van der Waals surface area contributed by atoms with Crippen LogP contribution in [0.2, 0.25) is 0 Å². The highest BCUT2D eigenvalue weighted by Gasteiger charge is 2.05. The molecule has 0 radical (unpaired) electrons. The summed E-state index contributed by atoms with van der Waals surface area (Å²) in [4.78, 5) is 3.94. The van der Waals surface area contributed by atoms with Crippen molar-refractivity contribution < 1.29 is 9.84 Å². The van der Waals surface area contributed by atoms with Crippen LogP contribution in [-0.2, 0) is 4.74 Å². The van der Waals surface area contributed by atoms with Gasteiger partial charge in [0, 0.05) is 26.0 Å². The lowest BCUT2D eigenvalue weighted by atomic mass is 10.4. The van der Waals surface area contributed by atoms with Gasteiger partial charge in [0.2, 0.25) is 0 Å². The van der Waals surface area contributed by atoms with Gasteiger partial charge in [-0.25, -0.2) is 4.98 Å². The molecule has 15 heavy (non-hydrogen) atoms. The summed E-state index contributed by atoms with van der Waals surface area (Å²) in [5.74, 6) is 0.592. The molecule has 0 aromatic carbocycles. The average Bonchev–Trinajstić information content (AvgIpc) is 2.74. The second-order valence-corrected chi connectivity index (χ2v) is 3.96. The first-order chi connectivity index (χ1) is 7.33. The fraction of sp³-hybridized carbons (Fsp3) is 0.750. The van der Waals surface area contributed by atoms with E-state index in [1.807, 2.05) is 0 Å². The highest BCUT2D eigenvalue weighted by Crippen LogP contribution is 2.11. The number of nitrogens with zero attached hydrogens (tertiary/aromatic N) is 2. The number of ether oxygens (including phenoxy) is 1. The zero-order valence-electron chi connectivity index (χ0n) is 8.64. The van der Waals surface area contributed by atoms with Crippen LogP contribution in [-0.4, -0.2) is 59.0 Å². The van der Waals surface area contributed by atoms with Crippen molar-refractivity contribution in [3.05, 3.63) is 6.33 Å². The van der Waals surface area contributed by atoms with E-state index >= 15 is 0 Å². The number of thioether (sulfide) groups is 1. The van der Waals surface area contributed by atoms with E-state index in [0.717, 1.165) is 11.7 Å². The molecule has 1 heterocycles. The van der Waals surface area contributed by atoms with E-state index in [0.29, 0.717) is 18.9 Å². The Morgan fingerprint density at radius 3 is 3.27 bits per heavy atom. The minimum Gasteiger partial charge on any atom is -0.391 e. The molecule has 1 rings (SSSR count). The van der Waals surface area contributed by atoms with Crippen molar-refractivity contribution in [2.75, 3.05) is 32.6 Å². The Hall–Kier alpha value is -0.630. The maximum absolute atomic E-state index is 9.56. The topological polar surface area (TPSA) is 83.1 Å². The normalized spacial score (nSPS) is 12.9. The minimum atomic E-state index is -0.392. The third-order valence-electron chi connectivity index (χ3n) is 1.67. The van der Waals surface area contributed by atoms with Crippen LogP contribution in [0, 0.1) is 0 Å². The van der Waals surface area contributed by atoms with E-state index in [9.17, 15) is 5.11 Å². The maximum Gasteiger partial charge on any atom is 0.183 e. The van der Waals surface area contributed by atoms with Crippen LogP contribution in [0.4, 0.5) is 0 Å². The van der Waals surface area contributed by atoms with Gasteiger partial charge in [-0.1, -0.05) is 11.8 Å². The molecule has 0 bridgehead atoms. The van der Waals surface area contributed by atoms with E-state index in [2.05, 4.69) is 20.5 Å². The first-order valence-electron chi connectivity index (χ1n) is 4.69. The number of aromatic amines is 1. The lowest BCUT2D eigenvalue weighted by Gasteiger charge is -2.09. The number of hydrogen-bond donors (Lipinski definition) is 3. The number of H-pyrrole nitrogens is 1. The summed E-state index contributed by atoms with van der Waals surface area (Å²) in [5, 5.41) is 19.8.